The lowest BCUT2D eigenvalue weighted by Gasteiger charge is -2.32. The van der Waals surface area contributed by atoms with Crippen LogP contribution in [0.2, 0.25) is 0 Å². The van der Waals surface area contributed by atoms with Crippen molar-refractivity contribution in [2.75, 3.05) is 37.6 Å². The second-order valence-corrected chi connectivity index (χ2v) is 8.05. The Labute approximate surface area is 175 Å². The third kappa shape index (κ3) is 6.90. The zero-order valence-corrected chi connectivity index (χ0v) is 17.7. The van der Waals surface area contributed by atoms with E-state index in [-0.39, 0.29) is 6.03 Å². The van der Waals surface area contributed by atoms with Crippen LogP contribution in [0.3, 0.4) is 0 Å². The summed E-state index contributed by atoms with van der Waals surface area (Å²) in [6.45, 7) is 6.95. The maximum Gasteiger partial charge on any atom is 0.321 e. The number of hydrogen-bond acceptors (Lipinski definition) is 2. The van der Waals surface area contributed by atoms with Crippen molar-refractivity contribution in [2.24, 2.45) is 5.92 Å². The third-order valence-electron chi connectivity index (χ3n) is 5.77. The van der Waals surface area contributed by atoms with Gasteiger partial charge in [-0.15, -0.1) is 0 Å². The van der Waals surface area contributed by atoms with E-state index in [1.54, 1.807) is 0 Å². The smallest absolute Gasteiger partial charge is 0.321 e. The zero-order chi connectivity index (χ0) is 20.3. The second-order valence-electron chi connectivity index (χ2n) is 8.05. The number of carbonyl (C=O) groups excluding carboxylic acids is 1. The van der Waals surface area contributed by atoms with Crippen molar-refractivity contribution in [1.82, 2.24) is 10.2 Å². The summed E-state index contributed by atoms with van der Waals surface area (Å²) in [7, 11) is 0. The molecule has 4 nitrogen and oxygen atoms in total. The highest BCUT2D eigenvalue weighted by atomic mass is 16.2. The van der Waals surface area contributed by atoms with E-state index in [0.29, 0.717) is 0 Å². The molecule has 156 valence electrons. The van der Waals surface area contributed by atoms with E-state index in [9.17, 15) is 4.79 Å². The van der Waals surface area contributed by atoms with Crippen molar-refractivity contribution < 1.29 is 4.79 Å². The number of anilines is 1. The van der Waals surface area contributed by atoms with Crippen molar-refractivity contribution in [2.45, 2.75) is 39.0 Å². The molecule has 0 radical (unpaired) electrons. The number of carbonyl (C=O) groups is 1. The molecule has 0 bridgehead atoms. The van der Waals surface area contributed by atoms with Gasteiger partial charge in [-0.25, -0.2) is 4.79 Å². The molecule has 3 rings (SSSR count). The Morgan fingerprint density at radius 2 is 1.69 bits per heavy atom. The summed E-state index contributed by atoms with van der Waals surface area (Å²) in [6.07, 6.45) is 5.70. The van der Waals surface area contributed by atoms with Crippen molar-refractivity contribution >= 4 is 11.7 Å². The Balaban J connectivity index is 1.43. The fraction of sp³-hybridized carbons (Fsp3) is 0.480. The van der Waals surface area contributed by atoms with Crippen LogP contribution in [0.15, 0.2) is 60.7 Å². The second kappa shape index (κ2) is 11.6. The molecule has 0 unspecified atom stereocenters. The number of para-hydroxylation sites is 1. The van der Waals surface area contributed by atoms with Gasteiger partial charge in [0.2, 0.25) is 0 Å². The lowest BCUT2D eigenvalue weighted by atomic mass is 9.90. The lowest BCUT2D eigenvalue weighted by Crippen LogP contribution is -2.42. The minimum absolute atomic E-state index is 0.0135. The highest BCUT2D eigenvalue weighted by Gasteiger charge is 2.20. The minimum Gasteiger partial charge on any atom is -0.338 e. The molecular formula is C25H35N3O. The van der Waals surface area contributed by atoms with E-state index in [4.69, 9.17) is 0 Å². The van der Waals surface area contributed by atoms with Gasteiger partial charge in [-0.3, -0.25) is 4.90 Å². The van der Waals surface area contributed by atoms with Crippen LogP contribution in [0.5, 0.6) is 0 Å². The molecule has 0 aliphatic carbocycles. The van der Waals surface area contributed by atoms with Gasteiger partial charge >= 0.3 is 6.03 Å². The first-order chi connectivity index (χ1) is 14.3. The highest BCUT2D eigenvalue weighted by molar-refractivity contribution is 5.91. The Bertz CT molecular complexity index is 711. The third-order valence-corrected chi connectivity index (χ3v) is 5.77. The Kier molecular flexibility index (Phi) is 8.57. The molecule has 29 heavy (non-hydrogen) atoms. The van der Waals surface area contributed by atoms with Crippen LogP contribution in [0.1, 0.15) is 38.2 Å². The summed E-state index contributed by atoms with van der Waals surface area (Å²) in [6, 6.07) is 20.9. The van der Waals surface area contributed by atoms with Gasteiger partial charge in [0.15, 0.2) is 0 Å². The minimum atomic E-state index is 0.0135. The molecule has 0 atom stereocenters. The van der Waals surface area contributed by atoms with Gasteiger partial charge < -0.3 is 10.2 Å². The zero-order valence-electron chi connectivity index (χ0n) is 17.7. The number of nitrogens with zero attached hydrogens (tertiary/aromatic N) is 2. The van der Waals surface area contributed by atoms with Crippen molar-refractivity contribution in [3.63, 3.8) is 0 Å². The molecule has 0 spiro atoms. The fourth-order valence-electron chi connectivity index (χ4n) is 4.10. The molecule has 1 N–H and O–H groups in total. The van der Waals surface area contributed by atoms with E-state index in [0.717, 1.165) is 44.1 Å². The van der Waals surface area contributed by atoms with Gasteiger partial charge in [-0.1, -0.05) is 55.5 Å². The molecule has 1 fully saturated rings. The summed E-state index contributed by atoms with van der Waals surface area (Å²) in [4.78, 5) is 17.1. The first kappa shape index (κ1) is 21.4. The summed E-state index contributed by atoms with van der Waals surface area (Å²) >= 11 is 0. The number of amides is 2. The number of piperidine rings is 1. The quantitative estimate of drug-likeness (QED) is 0.654. The lowest BCUT2D eigenvalue weighted by molar-refractivity contribution is 0.183. The van der Waals surface area contributed by atoms with E-state index >= 15 is 0 Å². The molecule has 1 aliphatic rings. The van der Waals surface area contributed by atoms with Crippen molar-refractivity contribution in [1.29, 1.82) is 0 Å². The van der Waals surface area contributed by atoms with Crippen LogP contribution in [0.4, 0.5) is 10.5 Å². The first-order valence-corrected chi connectivity index (χ1v) is 11.1. The summed E-state index contributed by atoms with van der Waals surface area (Å²) in [5.41, 5.74) is 2.44. The normalized spacial score (nSPS) is 15.2. The predicted molar refractivity (Wildman–Crippen MR) is 121 cm³/mol. The summed E-state index contributed by atoms with van der Waals surface area (Å²) < 4.78 is 0. The molecule has 4 heteroatoms. The first-order valence-electron chi connectivity index (χ1n) is 11.1. The number of benzene rings is 2. The number of rotatable bonds is 9. The topological polar surface area (TPSA) is 35.6 Å². The Morgan fingerprint density at radius 3 is 2.34 bits per heavy atom. The largest absolute Gasteiger partial charge is 0.338 e. The number of urea groups is 1. The molecule has 1 aliphatic heterocycles. The Morgan fingerprint density at radius 1 is 1.03 bits per heavy atom. The van der Waals surface area contributed by atoms with Gasteiger partial charge in [-0.2, -0.15) is 0 Å². The summed E-state index contributed by atoms with van der Waals surface area (Å²) in [5, 5.41) is 3.02. The van der Waals surface area contributed by atoms with Crippen molar-refractivity contribution in [3.05, 3.63) is 66.2 Å². The monoisotopic (exact) mass is 393 g/mol. The molecule has 2 aromatic carbocycles. The maximum absolute atomic E-state index is 12.6. The predicted octanol–water partition coefficient (Wildman–Crippen LogP) is 4.96. The van der Waals surface area contributed by atoms with E-state index in [1.165, 1.54) is 37.9 Å². The molecule has 0 aromatic heterocycles. The van der Waals surface area contributed by atoms with Gasteiger partial charge in [0.1, 0.15) is 0 Å². The van der Waals surface area contributed by atoms with E-state index in [2.05, 4.69) is 47.5 Å². The molecule has 2 aromatic rings. The number of nitrogens with one attached hydrogen (secondary N) is 1. The van der Waals surface area contributed by atoms with Crippen LogP contribution in [0.25, 0.3) is 0 Å². The SMILES string of the molecule is CCCNC(=O)N(CCCN1CCC(Cc2ccccc2)CC1)c1ccccc1. The van der Waals surface area contributed by atoms with Crippen molar-refractivity contribution in [3.8, 4) is 0 Å². The molecule has 2 amide bonds. The van der Waals surface area contributed by atoms with Crippen LogP contribution in [0, 0.1) is 5.92 Å². The maximum atomic E-state index is 12.6. The average molecular weight is 394 g/mol. The standard InChI is InChI=1S/C25H35N3O/c1-2-16-26-25(29)28(24-12-7-4-8-13-24)18-9-17-27-19-14-23(15-20-27)21-22-10-5-3-6-11-22/h3-8,10-13,23H,2,9,14-21H2,1H3,(H,26,29). The van der Waals surface area contributed by atoms with Gasteiger partial charge in [0, 0.05) is 18.8 Å². The van der Waals surface area contributed by atoms with E-state index < -0.39 is 0 Å². The van der Waals surface area contributed by atoms with Crippen LogP contribution in [-0.4, -0.2) is 43.7 Å². The highest BCUT2D eigenvalue weighted by Crippen LogP contribution is 2.22. The number of likely N-dealkylation sites (tertiary alicyclic amines) is 1. The van der Waals surface area contributed by atoms with Gasteiger partial charge in [0.05, 0.1) is 0 Å². The molecule has 1 heterocycles. The molecule has 0 saturated carbocycles. The molecular weight excluding hydrogens is 358 g/mol. The summed E-state index contributed by atoms with van der Waals surface area (Å²) in [5.74, 6) is 0.800. The van der Waals surface area contributed by atoms with Crippen LogP contribution < -0.4 is 10.2 Å². The molecule has 1 saturated heterocycles. The van der Waals surface area contributed by atoms with Gasteiger partial charge in [0.25, 0.3) is 0 Å². The van der Waals surface area contributed by atoms with Crippen LogP contribution >= 0.6 is 0 Å². The number of hydrogen-bond donors (Lipinski definition) is 1. The van der Waals surface area contributed by atoms with E-state index in [1.807, 2.05) is 35.2 Å². The Hall–Kier alpha value is -2.33. The van der Waals surface area contributed by atoms with Gasteiger partial charge in [-0.05, 0) is 75.4 Å². The average Bonchev–Trinajstić information content (AvgIpc) is 2.77. The fourth-order valence-corrected chi connectivity index (χ4v) is 4.10. The van der Waals surface area contributed by atoms with Crippen LogP contribution in [-0.2, 0) is 6.42 Å².